The van der Waals surface area contributed by atoms with Gasteiger partial charge in [0.2, 0.25) is 5.82 Å². The van der Waals surface area contributed by atoms with Crippen molar-refractivity contribution in [3.05, 3.63) is 11.6 Å². The summed E-state index contributed by atoms with van der Waals surface area (Å²) in [6, 6.07) is 0. The van der Waals surface area contributed by atoms with Crippen molar-refractivity contribution in [3.63, 3.8) is 0 Å². The molecule has 1 amide bonds. The molecule has 0 fully saturated rings. The highest BCUT2D eigenvalue weighted by Gasteiger charge is 2.20. The van der Waals surface area contributed by atoms with Crippen molar-refractivity contribution in [2.45, 2.75) is 13.1 Å². The van der Waals surface area contributed by atoms with E-state index < -0.39 is 5.91 Å². The maximum absolute atomic E-state index is 10.9. The number of nitrogens with two attached hydrogens (primary N) is 1. The van der Waals surface area contributed by atoms with Crippen LogP contribution in [0.2, 0.25) is 0 Å². The summed E-state index contributed by atoms with van der Waals surface area (Å²) in [5.74, 6) is 0.564. The molecule has 1 aliphatic heterocycles. The molecule has 2 N–H and O–H groups in total. The molecule has 2 rings (SSSR count). The smallest absolute Gasteiger partial charge is 0.286 e. The largest absolute Gasteiger partial charge is 0.363 e. The molecule has 6 nitrogen and oxygen atoms in total. The van der Waals surface area contributed by atoms with E-state index in [9.17, 15) is 4.79 Å². The molecule has 13 heavy (non-hydrogen) atoms. The highest BCUT2D eigenvalue weighted by Crippen LogP contribution is 2.09. The summed E-state index contributed by atoms with van der Waals surface area (Å²) >= 11 is 0. The first-order valence-corrected chi connectivity index (χ1v) is 4.09. The van der Waals surface area contributed by atoms with E-state index in [0.29, 0.717) is 0 Å². The first kappa shape index (κ1) is 8.18. The molecule has 0 spiro atoms. The average Bonchev–Trinajstić information content (AvgIpc) is 2.46. The lowest BCUT2D eigenvalue weighted by Crippen LogP contribution is -2.32. The van der Waals surface area contributed by atoms with Crippen molar-refractivity contribution in [2.75, 3.05) is 13.6 Å². The maximum atomic E-state index is 10.9. The molecule has 0 bridgehead atoms. The third-order valence-electron chi connectivity index (χ3n) is 2.16. The average molecular weight is 181 g/mol. The normalized spacial score (nSPS) is 17.0. The van der Waals surface area contributed by atoms with E-state index in [4.69, 9.17) is 5.73 Å². The van der Waals surface area contributed by atoms with E-state index in [1.165, 1.54) is 0 Å². The van der Waals surface area contributed by atoms with E-state index in [0.717, 1.165) is 25.5 Å². The Morgan fingerprint density at radius 3 is 2.92 bits per heavy atom. The number of rotatable bonds is 1. The molecule has 0 aromatic carbocycles. The number of aromatic nitrogens is 3. The van der Waals surface area contributed by atoms with Gasteiger partial charge in [0.1, 0.15) is 5.82 Å². The van der Waals surface area contributed by atoms with Gasteiger partial charge >= 0.3 is 0 Å². The van der Waals surface area contributed by atoms with Gasteiger partial charge in [-0.1, -0.05) is 0 Å². The molecule has 0 saturated carbocycles. The molecule has 1 aliphatic rings. The van der Waals surface area contributed by atoms with Gasteiger partial charge in [0.05, 0.1) is 6.54 Å². The molecule has 0 unspecified atom stereocenters. The van der Waals surface area contributed by atoms with E-state index >= 15 is 0 Å². The van der Waals surface area contributed by atoms with Crippen molar-refractivity contribution in [1.82, 2.24) is 19.7 Å². The van der Waals surface area contributed by atoms with Gasteiger partial charge in [0, 0.05) is 13.1 Å². The number of likely N-dealkylation sites (N-methyl/N-ethyl adjacent to an activating group) is 1. The van der Waals surface area contributed by atoms with Crippen molar-refractivity contribution < 1.29 is 4.79 Å². The number of hydrogen-bond acceptors (Lipinski definition) is 4. The van der Waals surface area contributed by atoms with Gasteiger partial charge in [-0.05, 0) is 7.05 Å². The van der Waals surface area contributed by atoms with Crippen molar-refractivity contribution in [1.29, 1.82) is 0 Å². The summed E-state index contributed by atoms with van der Waals surface area (Å²) in [5.41, 5.74) is 5.14. The fourth-order valence-electron chi connectivity index (χ4n) is 1.46. The zero-order valence-electron chi connectivity index (χ0n) is 7.40. The quantitative estimate of drug-likeness (QED) is 0.591. The molecular formula is C7H11N5O. The Hall–Kier alpha value is -1.43. The number of nitrogens with zero attached hydrogens (tertiary/aromatic N) is 4. The Morgan fingerprint density at radius 1 is 1.46 bits per heavy atom. The van der Waals surface area contributed by atoms with Crippen molar-refractivity contribution in [3.8, 4) is 0 Å². The van der Waals surface area contributed by atoms with Crippen LogP contribution in [-0.4, -0.2) is 39.2 Å². The third kappa shape index (κ3) is 1.29. The molecule has 0 saturated heterocycles. The first-order chi connectivity index (χ1) is 6.18. The van der Waals surface area contributed by atoms with Crippen LogP contribution in [0.3, 0.4) is 0 Å². The summed E-state index contributed by atoms with van der Waals surface area (Å²) in [4.78, 5) is 13.0. The van der Waals surface area contributed by atoms with Gasteiger partial charge in [-0.15, -0.1) is 10.2 Å². The lowest BCUT2D eigenvalue weighted by molar-refractivity contribution is 0.0983. The van der Waals surface area contributed by atoms with Gasteiger partial charge in [0.25, 0.3) is 5.91 Å². The van der Waals surface area contributed by atoms with Crippen LogP contribution < -0.4 is 5.73 Å². The van der Waals surface area contributed by atoms with Gasteiger partial charge in [-0.3, -0.25) is 9.69 Å². The lowest BCUT2D eigenvalue weighted by atomic mass is 10.3. The second kappa shape index (κ2) is 2.81. The van der Waals surface area contributed by atoms with Crippen LogP contribution in [0, 0.1) is 0 Å². The summed E-state index contributed by atoms with van der Waals surface area (Å²) in [5, 5.41) is 7.64. The molecular weight excluding hydrogens is 170 g/mol. The van der Waals surface area contributed by atoms with Crippen LogP contribution >= 0.6 is 0 Å². The molecule has 0 radical (unpaired) electrons. The molecule has 0 aliphatic carbocycles. The Morgan fingerprint density at radius 2 is 2.23 bits per heavy atom. The minimum atomic E-state index is -0.511. The number of carbonyl (C=O) groups excluding carboxylic acids is 1. The number of carbonyl (C=O) groups is 1. The summed E-state index contributed by atoms with van der Waals surface area (Å²) in [7, 11) is 2.00. The Balaban J connectivity index is 2.39. The van der Waals surface area contributed by atoms with Crippen LogP contribution in [0.5, 0.6) is 0 Å². The summed E-state index contributed by atoms with van der Waals surface area (Å²) in [6.07, 6.45) is 0. The molecule has 2 heterocycles. The lowest BCUT2D eigenvalue weighted by Gasteiger charge is -2.22. The molecule has 1 aromatic rings. The standard InChI is InChI=1S/C7H11N5O/c1-11-2-3-12-5(4-11)9-10-7(12)6(8)13/h2-4H2,1H3,(H2,8,13). The predicted molar refractivity (Wildman–Crippen MR) is 44.9 cm³/mol. The predicted octanol–water partition coefficient (Wildman–Crippen LogP) is -1.18. The number of hydrogen-bond donors (Lipinski definition) is 1. The maximum Gasteiger partial charge on any atom is 0.286 e. The van der Waals surface area contributed by atoms with Gasteiger partial charge in [-0.2, -0.15) is 0 Å². The Labute approximate surface area is 75.3 Å². The van der Waals surface area contributed by atoms with Crippen LogP contribution in [0.4, 0.5) is 0 Å². The highest BCUT2D eigenvalue weighted by atomic mass is 16.1. The summed E-state index contributed by atoms with van der Waals surface area (Å²) < 4.78 is 1.78. The number of amides is 1. The van der Waals surface area contributed by atoms with E-state index in [-0.39, 0.29) is 5.82 Å². The van der Waals surface area contributed by atoms with E-state index in [1.54, 1.807) is 4.57 Å². The van der Waals surface area contributed by atoms with Gasteiger partial charge < -0.3 is 10.3 Å². The fraction of sp³-hybridized carbons (Fsp3) is 0.571. The van der Waals surface area contributed by atoms with Gasteiger partial charge in [0.15, 0.2) is 0 Å². The Bertz CT molecular complexity index is 345. The minimum absolute atomic E-state index is 0.267. The van der Waals surface area contributed by atoms with Gasteiger partial charge in [-0.25, -0.2) is 0 Å². The van der Waals surface area contributed by atoms with Crippen LogP contribution in [-0.2, 0) is 13.1 Å². The number of fused-ring (bicyclic) bond motifs is 1. The van der Waals surface area contributed by atoms with Crippen LogP contribution in [0.15, 0.2) is 0 Å². The summed E-state index contributed by atoms with van der Waals surface area (Å²) in [6.45, 7) is 2.35. The Kier molecular flexibility index (Phi) is 1.77. The first-order valence-electron chi connectivity index (χ1n) is 4.09. The highest BCUT2D eigenvalue weighted by molar-refractivity contribution is 5.89. The van der Waals surface area contributed by atoms with Crippen molar-refractivity contribution in [2.24, 2.45) is 5.73 Å². The second-order valence-corrected chi connectivity index (χ2v) is 3.19. The topological polar surface area (TPSA) is 77.0 Å². The van der Waals surface area contributed by atoms with Crippen LogP contribution in [0.25, 0.3) is 0 Å². The molecule has 6 heteroatoms. The monoisotopic (exact) mass is 181 g/mol. The SMILES string of the molecule is CN1CCn2c(nnc2C(N)=O)C1. The second-order valence-electron chi connectivity index (χ2n) is 3.19. The molecule has 0 atom stereocenters. The van der Waals surface area contributed by atoms with Crippen LogP contribution in [0.1, 0.15) is 16.4 Å². The zero-order valence-corrected chi connectivity index (χ0v) is 7.40. The number of primary amides is 1. The molecule has 70 valence electrons. The fourth-order valence-corrected chi connectivity index (χ4v) is 1.46. The van der Waals surface area contributed by atoms with E-state index in [1.807, 2.05) is 7.05 Å². The van der Waals surface area contributed by atoms with E-state index in [2.05, 4.69) is 15.1 Å². The van der Waals surface area contributed by atoms with Crippen molar-refractivity contribution >= 4 is 5.91 Å². The molecule has 1 aromatic heterocycles. The minimum Gasteiger partial charge on any atom is -0.363 e. The third-order valence-corrected chi connectivity index (χ3v) is 2.16. The zero-order chi connectivity index (χ0) is 9.42.